The van der Waals surface area contributed by atoms with E-state index in [1.54, 1.807) is 36.3 Å². The molecule has 6 heteroatoms. The first-order valence-corrected chi connectivity index (χ1v) is 10.6. The molecular weight excluding hydrogens is 407 g/mol. The van der Waals surface area contributed by atoms with Crippen molar-refractivity contribution >= 4 is 11.8 Å². The Hall–Kier alpha value is -3.67. The molecule has 0 radical (unpaired) electrons. The van der Waals surface area contributed by atoms with Gasteiger partial charge in [0.2, 0.25) is 5.91 Å². The molecule has 0 spiro atoms. The zero-order valence-electron chi connectivity index (χ0n) is 17.8. The Morgan fingerprint density at radius 1 is 0.969 bits per heavy atom. The van der Waals surface area contributed by atoms with Crippen LogP contribution >= 0.6 is 0 Å². The highest BCUT2D eigenvalue weighted by Gasteiger charge is 2.41. The number of para-hydroxylation sites is 1. The summed E-state index contributed by atoms with van der Waals surface area (Å²) in [5, 5.41) is 2.96. The van der Waals surface area contributed by atoms with Crippen LogP contribution in [0.3, 0.4) is 0 Å². The summed E-state index contributed by atoms with van der Waals surface area (Å²) in [7, 11) is 1.60. The summed E-state index contributed by atoms with van der Waals surface area (Å²) >= 11 is 0. The fraction of sp³-hybridized carbons (Fsp3) is 0.231. The number of hydrogen-bond donors (Lipinski definition) is 1. The first kappa shape index (κ1) is 21.6. The molecule has 164 valence electrons. The van der Waals surface area contributed by atoms with Crippen molar-refractivity contribution < 1.29 is 18.7 Å². The van der Waals surface area contributed by atoms with Gasteiger partial charge < -0.3 is 15.0 Å². The van der Waals surface area contributed by atoms with Crippen LogP contribution < -0.4 is 10.1 Å². The third kappa shape index (κ3) is 4.64. The van der Waals surface area contributed by atoms with Gasteiger partial charge in [-0.25, -0.2) is 4.39 Å². The lowest BCUT2D eigenvalue weighted by Crippen LogP contribution is -2.35. The maximum Gasteiger partial charge on any atom is 0.253 e. The van der Waals surface area contributed by atoms with Gasteiger partial charge in [-0.05, 0) is 41.5 Å². The smallest absolute Gasteiger partial charge is 0.253 e. The van der Waals surface area contributed by atoms with Gasteiger partial charge in [0.15, 0.2) is 0 Å². The Balaban J connectivity index is 1.57. The lowest BCUT2D eigenvalue weighted by atomic mass is 9.87. The summed E-state index contributed by atoms with van der Waals surface area (Å²) in [4.78, 5) is 28.0. The van der Waals surface area contributed by atoms with Crippen LogP contribution in [-0.4, -0.2) is 36.9 Å². The second-order valence-electron chi connectivity index (χ2n) is 7.88. The van der Waals surface area contributed by atoms with Crippen molar-refractivity contribution in [3.05, 3.63) is 101 Å². The van der Waals surface area contributed by atoms with Crippen LogP contribution in [0.4, 0.5) is 4.39 Å². The van der Waals surface area contributed by atoms with Crippen LogP contribution in [0.1, 0.15) is 27.4 Å². The number of methoxy groups -OCH3 is 1. The molecule has 1 aliphatic rings. The Kier molecular flexibility index (Phi) is 6.50. The molecule has 1 heterocycles. The van der Waals surface area contributed by atoms with Crippen LogP contribution in [0.25, 0.3) is 0 Å². The predicted molar refractivity (Wildman–Crippen MR) is 120 cm³/mol. The summed E-state index contributed by atoms with van der Waals surface area (Å²) in [6.45, 7) is 1.02. The fourth-order valence-corrected chi connectivity index (χ4v) is 4.21. The molecular formula is C26H25FN2O3. The molecule has 4 rings (SSSR count). The van der Waals surface area contributed by atoms with Gasteiger partial charge in [0, 0.05) is 31.1 Å². The molecule has 0 bridgehead atoms. The highest BCUT2D eigenvalue weighted by Crippen LogP contribution is 2.38. The highest BCUT2D eigenvalue weighted by molar-refractivity contribution is 5.95. The molecule has 0 saturated carbocycles. The second-order valence-corrected chi connectivity index (χ2v) is 7.88. The van der Waals surface area contributed by atoms with E-state index < -0.39 is 5.92 Å². The largest absolute Gasteiger partial charge is 0.496 e. The summed E-state index contributed by atoms with van der Waals surface area (Å²) in [6, 6.07) is 22.7. The second kappa shape index (κ2) is 9.64. The molecule has 3 aromatic carbocycles. The summed E-state index contributed by atoms with van der Waals surface area (Å²) in [6.07, 6.45) is 0. The van der Waals surface area contributed by atoms with E-state index in [2.05, 4.69) is 5.32 Å². The zero-order chi connectivity index (χ0) is 22.5. The molecule has 0 aliphatic carbocycles. The first-order chi connectivity index (χ1) is 15.6. The van der Waals surface area contributed by atoms with E-state index in [1.165, 1.54) is 12.1 Å². The van der Waals surface area contributed by atoms with Crippen LogP contribution in [0.15, 0.2) is 78.9 Å². The van der Waals surface area contributed by atoms with E-state index in [-0.39, 0.29) is 23.5 Å². The zero-order valence-corrected chi connectivity index (χ0v) is 17.8. The standard InChI is InChI=1S/C26H25FN2O3/c1-32-24-10-6-5-9-21(24)22-16-29(26(31)19-7-3-2-4-8-19)17-23(22)25(30)28-15-18-11-13-20(27)14-12-18/h2-14,22-23H,15-17H2,1H3,(H,28,30). The third-order valence-electron chi connectivity index (χ3n) is 5.88. The Morgan fingerprint density at radius 3 is 2.38 bits per heavy atom. The number of carbonyl (C=O) groups is 2. The number of nitrogens with zero attached hydrogens (tertiary/aromatic N) is 1. The molecule has 2 amide bonds. The number of likely N-dealkylation sites (tertiary alicyclic amines) is 1. The molecule has 1 fully saturated rings. The van der Waals surface area contributed by atoms with Crippen molar-refractivity contribution in [3.8, 4) is 5.75 Å². The predicted octanol–water partition coefficient (Wildman–Crippen LogP) is 4.01. The molecule has 5 nitrogen and oxygen atoms in total. The van der Waals surface area contributed by atoms with Crippen molar-refractivity contribution in [3.63, 3.8) is 0 Å². The molecule has 2 atom stereocenters. The Bertz CT molecular complexity index is 1090. The van der Waals surface area contributed by atoms with Gasteiger partial charge in [-0.1, -0.05) is 48.5 Å². The number of hydrogen-bond acceptors (Lipinski definition) is 3. The molecule has 32 heavy (non-hydrogen) atoms. The van der Waals surface area contributed by atoms with E-state index in [0.717, 1.165) is 11.1 Å². The van der Waals surface area contributed by atoms with Gasteiger partial charge >= 0.3 is 0 Å². The quantitative estimate of drug-likeness (QED) is 0.640. The first-order valence-electron chi connectivity index (χ1n) is 10.6. The fourth-order valence-electron chi connectivity index (χ4n) is 4.21. The van der Waals surface area contributed by atoms with Gasteiger partial charge in [0.25, 0.3) is 5.91 Å². The van der Waals surface area contributed by atoms with Crippen LogP contribution in [0.5, 0.6) is 5.75 Å². The van der Waals surface area contributed by atoms with E-state index in [0.29, 0.717) is 30.9 Å². The number of amides is 2. The highest BCUT2D eigenvalue weighted by atomic mass is 19.1. The topological polar surface area (TPSA) is 58.6 Å². The van der Waals surface area contributed by atoms with Crippen molar-refractivity contribution in [2.24, 2.45) is 5.92 Å². The molecule has 1 N–H and O–H groups in total. The van der Waals surface area contributed by atoms with Gasteiger partial charge in [-0.3, -0.25) is 9.59 Å². The lowest BCUT2D eigenvalue weighted by molar-refractivity contribution is -0.125. The molecule has 0 aromatic heterocycles. The maximum atomic E-state index is 13.2. The summed E-state index contributed by atoms with van der Waals surface area (Å²) < 4.78 is 18.7. The van der Waals surface area contributed by atoms with E-state index in [1.807, 2.05) is 42.5 Å². The van der Waals surface area contributed by atoms with Gasteiger partial charge in [-0.15, -0.1) is 0 Å². The summed E-state index contributed by atoms with van der Waals surface area (Å²) in [5.74, 6) is -0.496. The van der Waals surface area contributed by atoms with Crippen molar-refractivity contribution in [2.75, 3.05) is 20.2 Å². The molecule has 1 aliphatic heterocycles. The average Bonchev–Trinajstić information content (AvgIpc) is 3.29. The Labute approximate surface area is 186 Å². The minimum atomic E-state index is -0.431. The van der Waals surface area contributed by atoms with E-state index in [9.17, 15) is 14.0 Å². The van der Waals surface area contributed by atoms with Crippen molar-refractivity contribution in [1.82, 2.24) is 10.2 Å². The van der Waals surface area contributed by atoms with Crippen molar-refractivity contribution in [1.29, 1.82) is 0 Å². The van der Waals surface area contributed by atoms with Crippen LogP contribution in [0, 0.1) is 11.7 Å². The van der Waals surface area contributed by atoms with Crippen molar-refractivity contribution in [2.45, 2.75) is 12.5 Å². The van der Waals surface area contributed by atoms with Crippen LogP contribution in [0.2, 0.25) is 0 Å². The Morgan fingerprint density at radius 2 is 1.66 bits per heavy atom. The molecule has 3 aromatic rings. The molecule has 2 unspecified atom stereocenters. The number of ether oxygens (including phenoxy) is 1. The monoisotopic (exact) mass is 432 g/mol. The maximum absolute atomic E-state index is 13.2. The number of rotatable bonds is 6. The normalized spacial score (nSPS) is 17.8. The number of nitrogens with one attached hydrogen (secondary N) is 1. The molecule has 1 saturated heterocycles. The number of carbonyl (C=O) groups excluding carboxylic acids is 2. The number of benzene rings is 3. The minimum absolute atomic E-state index is 0.0978. The lowest BCUT2D eigenvalue weighted by Gasteiger charge is -2.20. The van der Waals surface area contributed by atoms with E-state index in [4.69, 9.17) is 4.74 Å². The minimum Gasteiger partial charge on any atom is -0.496 e. The van der Waals surface area contributed by atoms with Gasteiger partial charge in [0.05, 0.1) is 13.0 Å². The van der Waals surface area contributed by atoms with Gasteiger partial charge in [-0.2, -0.15) is 0 Å². The SMILES string of the molecule is COc1ccccc1C1CN(C(=O)c2ccccc2)CC1C(=O)NCc1ccc(F)cc1. The summed E-state index contributed by atoms with van der Waals surface area (Å²) in [5.41, 5.74) is 2.31. The third-order valence-corrected chi connectivity index (χ3v) is 5.88. The van der Waals surface area contributed by atoms with Gasteiger partial charge in [0.1, 0.15) is 11.6 Å². The average molecular weight is 432 g/mol. The van der Waals surface area contributed by atoms with E-state index >= 15 is 0 Å². The number of halogens is 1. The van der Waals surface area contributed by atoms with Crippen LogP contribution in [-0.2, 0) is 11.3 Å².